The number of halogens is 2. The highest BCUT2D eigenvalue weighted by atomic mass is 79.9. The second-order valence-electron chi connectivity index (χ2n) is 4.43. The van der Waals surface area contributed by atoms with Gasteiger partial charge >= 0.3 is 0 Å². The van der Waals surface area contributed by atoms with E-state index in [1.165, 1.54) is 0 Å². The van der Waals surface area contributed by atoms with Gasteiger partial charge in [0.2, 0.25) is 0 Å². The smallest absolute Gasteiger partial charge is 0.251 e. The lowest BCUT2D eigenvalue weighted by Crippen LogP contribution is -2.37. The van der Waals surface area contributed by atoms with Gasteiger partial charge in [-0.2, -0.15) is 0 Å². The van der Waals surface area contributed by atoms with E-state index in [0.717, 1.165) is 30.2 Å². The van der Waals surface area contributed by atoms with Crippen molar-refractivity contribution in [1.29, 1.82) is 0 Å². The quantitative estimate of drug-likeness (QED) is 0.828. The van der Waals surface area contributed by atoms with Gasteiger partial charge < -0.3 is 5.32 Å². The molecule has 1 aliphatic rings. The molecule has 2 rings (SSSR count). The number of hydrogen-bond acceptors (Lipinski definition) is 1. The van der Waals surface area contributed by atoms with E-state index in [2.05, 4.69) is 21.2 Å². The van der Waals surface area contributed by atoms with Gasteiger partial charge in [-0.05, 0) is 43.9 Å². The molecule has 2 nitrogen and oxygen atoms in total. The van der Waals surface area contributed by atoms with Crippen molar-refractivity contribution in [2.75, 3.05) is 0 Å². The molecule has 0 spiro atoms. The lowest BCUT2D eigenvalue weighted by atomic mass is 9.95. The number of carbonyl (C=O) groups is 1. The van der Waals surface area contributed by atoms with Crippen LogP contribution in [-0.2, 0) is 0 Å². The van der Waals surface area contributed by atoms with Gasteiger partial charge in [0.05, 0.1) is 0 Å². The zero-order valence-corrected chi connectivity index (χ0v) is 11.8. The molecular formula is C13H15BrClNO. The molecule has 92 valence electrons. The Balaban J connectivity index is 1.93. The first-order chi connectivity index (χ1) is 8.15. The topological polar surface area (TPSA) is 29.1 Å². The summed E-state index contributed by atoms with van der Waals surface area (Å²) in [5.74, 6) is 0.00400. The molecule has 4 heteroatoms. The molecule has 0 aromatic heterocycles. The molecule has 1 fully saturated rings. The van der Waals surface area contributed by atoms with Gasteiger partial charge in [-0.3, -0.25) is 4.79 Å². The highest BCUT2D eigenvalue weighted by Gasteiger charge is 2.21. The number of carbonyl (C=O) groups excluding carboxylic acids is 1. The summed E-state index contributed by atoms with van der Waals surface area (Å²) in [6, 6.07) is 7.72. The van der Waals surface area contributed by atoms with Crippen molar-refractivity contribution in [1.82, 2.24) is 5.32 Å². The summed E-state index contributed by atoms with van der Waals surface area (Å²) in [4.78, 5) is 12.0. The number of hydrogen-bond donors (Lipinski definition) is 1. The van der Waals surface area contributed by atoms with Crippen LogP contribution in [0.2, 0.25) is 0 Å². The van der Waals surface area contributed by atoms with Crippen LogP contribution in [0.3, 0.4) is 0 Å². The van der Waals surface area contributed by atoms with Crippen molar-refractivity contribution >= 4 is 33.4 Å². The highest BCUT2D eigenvalue weighted by Crippen LogP contribution is 2.23. The van der Waals surface area contributed by atoms with E-state index in [0.29, 0.717) is 5.56 Å². The van der Waals surface area contributed by atoms with Crippen molar-refractivity contribution in [2.45, 2.75) is 37.1 Å². The predicted octanol–water partition coefficient (Wildman–Crippen LogP) is 3.73. The molecular weight excluding hydrogens is 302 g/mol. The number of benzene rings is 1. The van der Waals surface area contributed by atoms with Crippen molar-refractivity contribution < 1.29 is 4.79 Å². The molecule has 0 saturated heterocycles. The van der Waals surface area contributed by atoms with Gasteiger partial charge in [-0.1, -0.05) is 22.0 Å². The minimum absolute atomic E-state index is 0.00400. The molecule has 0 bridgehead atoms. The van der Waals surface area contributed by atoms with Crippen LogP contribution >= 0.6 is 27.5 Å². The fraction of sp³-hybridized carbons (Fsp3) is 0.462. The van der Waals surface area contributed by atoms with Crippen LogP contribution in [0.15, 0.2) is 28.7 Å². The monoisotopic (exact) mass is 315 g/mol. The molecule has 0 unspecified atom stereocenters. The lowest BCUT2D eigenvalue weighted by molar-refractivity contribution is 0.0928. The Morgan fingerprint density at radius 1 is 1.29 bits per heavy atom. The van der Waals surface area contributed by atoms with E-state index in [-0.39, 0.29) is 17.3 Å². The number of amides is 1. The molecule has 0 radical (unpaired) electrons. The molecule has 1 amide bonds. The lowest BCUT2D eigenvalue weighted by Gasteiger charge is -2.25. The summed E-state index contributed by atoms with van der Waals surface area (Å²) in [5, 5.41) is 3.35. The summed E-state index contributed by atoms with van der Waals surface area (Å²) in [5.41, 5.74) is 0.701. The van der Waals surface area contributed by atoms with Crippen LogP contribution in [0.5, 0.6) is 0 Å². The number of nitrogens with one attached hydrogen (secondary N) is 1. The fourth-order valence-corrected chi connectivity index (χ4v) is 2.75. The molecule has 17 heavy (non-hydrogen) atoms. The number of rotatable bonds is 2. The Kier molecular flexibility index (Phi) is 4.46. The third-order valence-corrected chi connectivity index (χ3v) is 4.01. The molecule has 1 N–H and O–H groups in total. The molecule has 1 saturated carbocycles. The van der Waals surface area contributed by atoms with Gasteiger partial charge in [0, 0.05) is 21.5 Å². The minimum atomic E-state index is 0.00400. The Hall–Kier alpha value is -0.540. The first-order valence-corrected chi connectivity index (χ1v) is 7.08. The fourth-order valence-electron chi connectivity index (χ4n) is 2.10. The molecule has 1 aromatic rings. The normalized spacial score (nSPS) is 24.4. The van der Waals surface area contributed by atoms with Gasteiger partial charge in [0.1, 0.15) is 0 Å². The number of alkyl halides is 1. The Bertz CT molecular complexity index is 402. The van der Waals surface area contributed by atoms with Gasteiger partial charge in [-0.25, -0.2) is 0 Å². The first-order valence-electron chi connectivity index (χ1n) is 5.85. The van der Waals surface area contributed by atoms with Crippen molar-refractivity contribution in [2.24, 2.45) is 0 Å². The van der Waals surface area contributed by atoms with Gasteiger partial charge in [0.15, 0.2) is 0 Å². The third kappa shape index (κ3) is 3.71. The molecule has 0 heterocycles. The van der Waals surface area contributed by atoms with Crippen LogP contribution < -0.4 is 5.32 Å². The van der Waals surface area contributed by atoms with Crippen LogP contribution in [0.4, 0.5) is 0 Å². The Morgan fingerprint density at radius 2 is 2.00 bits per heavy atom. The van der Waals surface area contributed by atoms with Crippen LogP contribution in [0, 0.1) is 0 Å². The average molecular weight is 317 g/mol. The standard InChI is InChI=1S/C13H15BrClNO/c14-10-3-1-2-9(8-10)13(17)16-12-6-4-11(15)5-7-12/h1-3,8,11-12H,4-7H2,(H,16,17). The summed E-state index contributed by atoms with van der Waals surface area (Å²) >= 11 is 9.40. The zero-order valence-electron chi connectivity index (χ0n) is 9.46. The minimum Gasteiger partial charge on any atom is -0.349 e. The molecule has 1 aliphatic carbocycles. The Labute approximate surface area is 115 Å². The zero-order chi connectivity index (χ0) is 12.3. The Morgan fingerprint density at radius 3 is 2.65 bits per heavy atom. The third-order valence-electron chi connectivity index (χ3n) is 3.08. The highest BCUT2D eigenvalue weighted by molar-refractivity contribution is 9.10. The summed E-state index contributed by atoms with van der Waals surface area (Å²) in [7, 11) is 0. The summed E-state index contributed by atoms with van der Waals surface area (Å²) in [6.45, 7) is 0. The molecule has 1 aromatic carbocycles. The van der Waals surface area contributed by atoms with Crippen LogP contribution in [0.1, 0.15) is 36.0 Å². The predicted molar refractivity (Wildman–Crippen MR) is 73.5 cm³/mol. The van der Waals surface area contributed by atoms with E-state index in [4.69, 9.17) is 11.6 Å². The second kappa shape index (κ2) is 5.87. The van der Waals surface area contributed by atoms with Crippen molar-refractivity contribution in [3.63, 3.8) is 0 Å². The SMILES string of the molecule is O=C(NC1CCC(Cl)CC1)c1cccc(Br)c1. The maximum absolute atomic E-state index is 12.0. The van der Waals surface area contributed by atoms with Crippen LogP contribution in [0.25, 0.3) is 0 Å². The van der Waals surface area contributed by atoms with E-state index < -0.39 is 0 Å². The van der Waals surface area contributed by atoms with E-state index >= 15 is 0 Å². The van der Waals surface area contributed by atoms with E-state index in [9.17, 15) is 4.79 Å². The second-order valence-corrected chi connectivity index (χ2v) is 5.97. The largest absolute Gasteiger partial charge is 0.349 e. The summed E-state index contributed by atoms with van der Waals surface area (Å²) < 4.78 is 0.926. The maximum Gasteiger partial charge on any atom is 0.251 e. The van der Waals surface area contributed by atoms with Gasteiger partial charge in [-0.15, -0.1) is 11.6 Å². The summed E-state index contributed by atoms with van der Waals surface area (Å²) in [6.07, 6.45) is 3.94. The van der Waals surface area contributed by atoms with E-state index in [1.54, 1.807) is 0 Å². The van der Waals surface area contributed by atoms with E-state index in [1.807, 2.05) is 24.3 Å². The van der Waals surface area contributed by atoms with Gasteiger partial charge in [0.25, 0.3) is 5.91 Å². The first kappa shape index (κ1) is 12.9. The van der Waals surface area contributed by atoms with Crippen molar-refractivity contribution in [3.8, 4) is 0 Å². The molecule has 0 atom stereocenters. The van der Waals surface area contributed by atoms with Crippen LogP contribution in [-0.4, -0.2) is 17.3 Å². The van der Waals surface area contributed by atoms with Crippen molar-refractivity contribution in [3.05, 3.63) is 34.3 Å². The maximum atomic E-state index is 12.0. The average Bonchev–Trinajstić information content (AvgIpc) is 2.32. The molecule has 0 aliphatic heterocycles.